The summed E-state index contributed by atoms with van der Waals surface area (Å²) in [4.78, 5) is 17.2. The number of allylic oxidation sites excluding steroid dienone is 1. The highest BCUT2D eigenvalue weighted by atomic mass is 32.2. The molecule has 0 atom stereocenters. The fourth-order valence-electron chi connectivity index (χ4n) is 2.01. The normalized spacial score (nSPS) is 10.7. The molecule has 0 saturated heterocycles. The predicted molar refractivity (Wildman–Crippen MR) is 98.8 cm³/mol. The second-order valence-corrected chi connectivity index (χ2v) is 7.60. The van der Waals surface area contributed by atoms with Gasteiger partial charge in [-0.15, -0.1) is 39.4 Å². The molecule has 3 aromatic rings. The lowest BCUT2D eigenvalue weighted by atomic mass is 10.3. The van der Waals surface area contributed by atoms with Crippen molar-refractivity contribution in [1.82, 2.24) is 19.7 Å². The number of carbonyl (C=O) groups is 1. The van der Waals surface area contributed by atoms with Crippen LogP contribution in [0.3, 0.4) is 0 Å². The standard InChI is InChI=1S/C15H15N5OS3/c1-2-6-20-12(9-11-4-3-7-22-11)18-19-15(20)24-10-13(21)17-14-16-5-8-23-14/h2-5,7-8H,1,6,9-10H2,(H,16,17,21). The van der Waals surface area contributed by atoms with Gasteiger partial charge in [-0.1, -0.05) is 23.9 Å². The lowest BCUT2D eigenvalue weighted by Gasteiger charge is -2.07. The van der Waals surface area contributed by atoms with Gasteiger partial charge in [0.15, 0.2) is 10.3 Å². The molecule has 0 aliphatic rings. The van der Waals surface area contributed by atoms with Crippen LogP contribution in [0.2, 0.25) is 0 Å². The molecule has 124 valence electrons. The minimum absolute atomic E-state index is 0.108. The molecule has 24 heavy (non-hydrogen) atoms. The molecule has 0 saturated carbocycles. The molecule has 0 unspecified atom stereocenters. The Morgan fingerprint density at radius 1 is 1.38 bits per heavy atom. The first-order chi connectivity index (χ1) is 11.8. The molecule has 0 aliphatic carbocycles. The highest BCUT2D eigenvalue weighted by Gasteiger charge is 2.14. The summed E-state index contributed by atoms with van der Waals surface area (Å²) < 4.78 is 1.99. The Bertz CT molecular complexity index is 795. The van der Waals surface area contributed by atoms with Crippen LogP contribution in [-0.4, -0.2) is 31.4 Å². The topological polar surface area (TPSA) is 72.7 Å². The number of nitrogens with zero attached hydrogens (tertiary/aromatic N) is 4. The third kappa shape index (κ3) is 4.31. The Labute approximate surface area is 151 Å². The van der Waals surface area contributed by atoms with Gasteiger partial charge in [-0.2, -0.15) is 0 Å². The van der Waals surface area contributed by atoms with Crippen LogP contribution >= 0.6 is 34.4 Å². The van der Waals surface area contributed by atoms with Crippen molar-refractivity contribution in [2.24, 2.45) is 0 Å². The van der Waals surface area contributed by atoms with Gasteiger partial charge in [-0.05, 0) is 11.4 Å². The van der Waals surface area contributed by atoms with Gasteiger partial charge in [-0.25, -0.2) is 4.98 Å². The molecule has 1 amide bonds. The molecule has 0 aliphatic heterocycles. The molecule has 3 heterocycles. The summed E-state index contributed by atoms with van der Waals surface area (Å²) in [6.07, 6.45) is 4.19. The summed E-state index contributed by atoms with van der Waals surface area (Å²) in [6.45, 7) is 4.41. The summed E-state index contributed by atoms with van der Waals surface area (Å²) in [7, 11) is 0. The molecule has 0 spiro atoms. The van der Waals surface area contributed by atoms with E-state index in [4.69, 9.17) is 0 Å². The number of amides is 1. The van der Waals surface area contributed by atoms with E-state index in [9.17, 15) is 4.79 Å². The van der Waals surface area contributed by atoms with Crippen molar-refractivity contribution in [3.63, 3.8) is 0 Å². The number of anilines is 1. The van der Waals surface area contributed by atoms with Crippen LogP contribution in [-0.2, 0) is 17.8 Å². The largest absolute Gasteiger partial charge is 0.302 e. The minimum Gasteiger partial charge on any atom is -0.302 e. The number of thiophene rings is 1. The SMILES string of the molecule is C=CCn1c(Cc2cccs2)nnc1SCC(=O)Nc1nccs1. The number of hydrogen-bond donors (Lipinski definition) is 1. The van der Waals surface area contributed by atoms with Crippen LogP contribution in [0.5, 0.6) is 0 Å². The molecule has 0 fully saturated rings. The molecule has 9 heteroatoms. The number of thiazole rings is 1. The maximum absolute atomic E-state index is 12.0. The number of nitrogens with one attached hydrogen (secondary N) is 1. The van der Waals surface area contributed by atoms with Gasteiger partial charge in [0.05, 0.1) is 5.75 Å². The van der Waals surface area contributed by atoms with Crippen LogP contribution in [0.1, 0.15) is 10.7 Å². The van der Waals surface area contributed by atoms with Crippen molar-refractivity contribution in [1.29, 1.82) is 0 Å². The van der Waals surface area contributed by atoms with E-state index < -0.39 is 0 Å². The Balaban J connectivity index is 1.65. The van der Waals surface area contributed by atoms with E-state index in [2.05, 4.69) is 33.1 Å². The maximum atomic E-state index is 12.0. The average Bonchev–Trinajstić information content (AvgIpc) is 3.30. The average molecular weight is 378 g/mol. The highest BCUT2D eigenvalue weighted by molar-refractivity contribution is 7.99. The van der Waals surface area contributed by atoms with Crippen LogP contribution in [0.15, 0.2) is 46.9 Å². The second kappa shape index (κ2) is 8.22. The molecule has 0 aromatic carbocycles. The van der Waals surface area contributed by atoms with Crippen LogP contribution in [0.25, 0.3) is 0 Å². The van der Waals surface area contributed by atoms with E-state index in [1.165, 1.54) is 28.0 Å². The van der Waals surface area contributed by atoms with Gasteiger partial charge < -0.3 is 9.88 Å². The molecular weight excluding hydrogens is 362 g/mol. The van der Waals surface area contributed by atoms with Gasteiger partial charge in [0.25, 0.3) is 0 Å². The molecule has 6 nitrogen and oxygen atoms in total. The Morgan fingerprint density at radius 3 is 3.00 bits per heavy atom. The lowest BCUT2D eigenvalue weighted by molar-refractivity contribution is -0.113. The Hall–Kier alpha value is -1.97. The van der Waals surface area contributed by atoms with Gasteiger partial charge in [0, 0.05) is 29.4 Å². The van der Waals surface area contributed by atoms with Gasteiger partial charge in [0.2, 0.25) is 5.91 Å². The van der Waals surface area contributed by atoms with E-state index in [0.29, 0.717) is 11.7 Å². The maximum Gasteiger partial charge on any atom is 0.236 e. The predicted octanol–water partition coefficient (Wildman–Crippen LogP) is 3.30. The third-order valence-corrected chi connectivity index (χ3v) is 5.56. The Kier molecular flexibility index (Phi) is 5.78. The van der Waals surface area contributed by atoms with E-state index in [-0.39, 0.29) is 11.7 Å². The first kappa shape index (κ1) is 16.9. The van der Waals surface area contributed by atoms with E-state index >= 15 is 0 Å². The summed E-state index contributed by atoms with van der Waals surface area (Å²) in [5.74, 6) is 1.02. The molecule has 0 bridgehead atoms. The van der Waals surface area contributed by atoms with Crippen molar-refractivity contribution >= 4 is 45.5 Å². The number of carbonyl (C=O) groups excluding carboxylic acids is 1. The van der Waals surface area contributed by atoms with Crippen LogP contribution < -0.4 is 5.32 Å². The van der Waals surface area contributed by atoms with Gasteiger partial charge in [-0.3, -0.25) is 4.79 Å². The van der Waals surface area contributed by atoms with E-state index in [0.717, 1.165) is 17.4 Å². The highest BCUT2D eigenvalue weighted by Crippen LogP contribution is 2.21. The van der Waals surface area contributed by atoms with Crippen molar-refractivity contribution in [2.45, 2.75) is 18.1 Å². The van der Waals surface area contributed by atoms with Crippen molar-refractivity contribution in [2.75, 3.05) is 11.1 Å². The van der Waals surface area contributed by atoms with Crippen LogP contribution in [0.4, 0.5) is 5.13 Å². The molecule has 3 rings (SSSR count). The fourth-order valence-corrected chi connectivity index (χ4v) is 4.02. The summed E-state index contributed by atoms with van der Waals surface area (Å²) >= 11 is 4.44. The number of rotatable bonds is 8. The zero-order valence-corrected chi connectivity index (χ0v) is 15.2. The van der Waals surface area contributed by atoms with Gasteiger partial charge in [0.1, 0.15) is 5.82 Å². The molecule has 3 aromatic heterocycles. The number of aromatic nitrogens is 4. The Morgan fingerprint density at radius 2 is 2.29 bits per heavy atom. The first-order valence-electron chi connectivity index (χ1n) is 7.13. The van der Waals surface area contributed by atoms with Crippen molar-refractivity contribution < 1.29 is 4.79 Å². The van der Waals surface area contributed by atoms with Crippen LogP contribution in [0, 0.1) is 0 Å². The summed E-state index contributed by atoms with van der Waals surface area (Å²) in [5.41, 5.74) is 0. The minimum atomic E-state index is -0.108. The monoisotopic (exact) mass is 377 g/mol. The number of thioether (sulfide) groups is 1. The van der Waals surface area contributed by atoms with Crippen molar-refractivity contribution in [3.05, 3.63) is 52.4 Å². The van der Waals surface area contributed by atoms with E-state index in [1.807, 2.05) is 21.4 Å². The summed E-state index contributed by atoms with van der Waals surface area (Å²) in [5, 5.41) is 16.4. The number of hydrogen-bond acceptors (Lipinski definition) is 7. The second-order valence-electron chi connectivity index (χ2n) is 4.73. The fraction of sp³-hybridized carbons (Fsp3) is 0.200. The molecule has 0 radical (unpaired) electrons. The van der Waals surface area contributed by atoms with Gasteiger partial charge >= 0.3 is 0 Å². The van der Waals surface area contributed by atoms with Crippen molar-refractivity contribution in [3.8, 4) is 0 Å². The summed E-state index contributed by atoms with van der Waals surface area (Å²) in [6, 6.07) is 4.10. The quantitative estimate of drug-likeness (QED) is 0.482. The molecule has 1 N–H and O–H groups in total. The zero-order valence-electron chi connectivity index (χ0n) is 12.7. The third-order valence-electron chi connectivity index (χ3n) is 3.03. The zero-order chi connectivity index (χ0) is 16.8. The smallest absolute Gasteiger partial charge is 0.236 e. The molecular formula is C15H15N5OS3. The van der Waals surface area contributed by atoms with E-state index in [1.54, 1.807) is 23.6 Å². The lowest BCUT2D eigenvalue weighted by Crippen LogP contribution is -2.14. The first-order valence-corrected chi connectivity index (χ1v) is 9.88.